The summed E-state index contributed by atoms with van der Waals surface area (Å²) in [4.78, 5) is 15.7. The summed E-state index contributed by atoms with van der Waals surface area (Å²) in [7, 11) is 0. The lowest BCUT2D eigenvalue weighted by Crippen LogP contribution is -2.00. The van der Waals surface area contributed by atoms with E-state index in [2.05, 4.69) is 9.37 Å². The van der Waals surface area contributed by atoms with Gasteiger partial charge < -0.3 is 0 Å². The summed E-state index contributed by atoms with van der Waals surface area (Å²) < 4.78 is 3.86. The number of carbonyl (C=O) groups excluding carboxylic acids is 1. The van der Waals surface area contributed by atoms with Gasteiger partial charge in [-0.1, -0.05) is 0 Å². The Balaban J connectivity index is 2.62. The molecule has 0 unspecified atom stereocenters. The van der Waals surface area contributed by atoms with Crippen LogP contribution in [-0.2, 0) is 0 Å². The fourth-order valence-electron chi connectivity index (χ4n) is 0.840. The minimum absolute atomic E-state index is 0.132. The Morgan fingerprint density at radius 1 is 1.60 bits per heavy atom. The summed E-state index contributed by atoms with van der Waals surface area (Å²) in [6, 6.07) is 0. The summed E-state index contributed by atoms with van der Waals surface area (Å²) in [6.07, 6.45) is 3.67. The molecule has 2 rings (SSSR count). The maximum Gasteiger partial charge on any atom is 0.181 e. The summed E-state index contributed by atoms with van der Waals surface area (Å²) in [5, 5.41) is 0. The number of carbonyl (C=O) groups is 1. The highest BCUT2D eigenvalue weighted by molar-refractivity contribution is 7.08. The minimum atomic E-state index is 0.132. The predicted octanol–water partition coefficient (Wildman–Crippen LogP) is 1.43. The van der Waals surface area contributed by atoms with Crippen molar-refractivity contribution < 1.29 is 4.79 Å². The van der Waals surface area contributed by atoms with Crippen molar-refractivity contribution in [3.05, 3.63) is 11.1 Å². The molecule has 0 spiro atoms. The summed E-state index contributed by atoms with van der Waals surface area (Å²) >= 11 is 1.22. The van der Waals surface area contributed by atoms with Crippen LogP contribution in [0.5, 0.6) is 0 Å². The molecule has 0 radical (unpaired) electrons. The number of rotatable bonds is 0. The highest BCUT2D eigenvalue weighted by Crippen LogP contribution is 2.26. The molecule has 3 nitrogen and oxygen atoms in total. The van der Waals surface area contributed by atoms with Crippen molar-refractivity contribution in [1.82, 2.24) is 4.37 Å². The lowest BCUT2D eigenvalue weighted by atomic mass is 10.2. The molecular weight excluding hydrogens is 148 g/mol. The number of fused-ring (bicyclic) bond motifs is 1. The maximum atomic E-state index is 11.0. The highest BCUT2D eigenvalue weighted by atomic mass is 32.1. The van der Waals surface area contributed by atoms with Gasteiger partial charge >= 0.3 is 0 Å². The van der Waals surface area contributed by atoms with Gasteiger partial charge in [0.05, 0.1) is 6.20 Å². The number of hydrogen-bond donors (Lipinski definition) is 0. The second kappa shape index (κ2) is 1.98. The van der Waals surface area contributed by atoms with Crippen LogP contribution in [0.3, 0.4) is 0 Å². The number of aliphatic imine (C=N–C) groups is 1. The van der Waals surface area contributed by atoms with Crippen LogP contribution in [0.15, 0.2) is 11.2 Å². The van der Waals surface area contributed by atoms with Crippen LogP contribution in [0, 0.1) is 0 Å². The summed E-state index contributed by atoms with van der Waals surface area (Å²) in [5.74, 6) is 0.132. The zero-order chi connectivity index (χ0) is 6.97. The Hall–Kier alpha value is -1.03. The number of Topliss-reactive ketones (excluding diaryl/α,β-unsaturated/α-hetero) is 1. The molecule has 2 heterocycles. The first kappa shape index (κ1) is 5.73. The van der Waals surface area contributed by atoms with Crippen molar-refractivity contribution in [3.8, 4) is 0 Å². The van der Waals surface area contributed by atoms with E-state index in [-0.39, 0.29) is 5.78 Å². The van der Waals surface area contributed by atoms with E-state index in [0.29, 0.717) is 11.3 Å². The molecule has 0 aliphatic carbocycles. The molecule has 0 saturated carbocycles. The minimum Gasteiger partial charge on any atom is -0.293 e. The average molecular weight is 152 g/mol. The van der Waals surface area contributed by atoms with Gasteiger partial charge in [0.15, 0.2) is 5.78 Å². The summed E-state index contributed by atoms with van der Waals surface area (Å²) in [5.41, 5.74) is 0.723. The zero-order valence-electron chi connectivity index (χ0n) is 5.07. The molecule has 1 aromatic rings. The average Bonchev–Trinajstić information content (AvgIpc) is 2.36. The SMILES string of the molecule is O=C1CC=Nc2cnsc21. The van der Waals surface area contributed by atoms with E-state index in [1.165, 1.54) is 11.5 Å². The lowest BCUT2D eigenvalue weighted by Gasteiger charge is -1.98. The van der Waals surface area contributed by atoms with Gasteiger partial charge in [0, 0.05) is 12.6 Å². The molecule has 0 bridgehead atoms. The van der Waals surface area contributed by atoms with Crippen molar-refractivity contribution in [2.75, 3.05) is 0 Å². The van der Waals surface area contributed by atoms with E-state index in [1.54, 1.807) is 12.4 Å². The molecule has 10 heavy (non-hydrogen) atoms. The Morgan fingerprint density at radius 3 is 3.30 bits per heavy atom. The van der Waals surface area contributed by atoms with Gasteiger partial charge in [-0.25, -0.2) is 0 Å². The lowest BCUT2D eigenvalue weighted by molar-refractivity contribution is 0.100. The van der Waals surface area contributed by atoms with Crippen LogP contribution in [0.4, 0.5) is 5.69 Å². The normalized spacial score (nSPS) is 15.4. The van der Waals surface area contributed by atoms with E-state index in [0.717, 1.165) is 5.69 Å². The van der Waals surface area contributed by atoms with Crippen LogP contribution < -0.4 is 0 Å². The van der Waals surface area contributed by atoms with Gasteiger partial charge in [-0.3, -0.25) is 9.79 Å². The Kier molecular flexibility index (Phi) is 1.14. The highest BCUT2D eigenvalue weighted by Gasteiger charge is 2.15. The Morgan fingerprint density at radius 2 is 2.50 bits per heavy atom. The van der Waals surface area contributed by atoms with Crippen LogP contribution >= 0.6 is 11.5 Å². The third kappa shape index (κ3) is 0.690. The number of hydrogen-bond acceptors (Lipinski definition) is 4. The van der Waals surface area contributed by atoms with Crippen molar-refractivity contribution in [2.45, 2.75) is 6.42 Å². The molecule has 0 aromatic carbocycles. The second-order valence-corrected chi connectivity index (χ2v) is 2.78. The molecule has 0 saturated heterocycles. The van der Waals surface area contributed by atoms with Crippen molar-refractivity contribution in [2.24, 2.45) is 4.99 Å². The van der Waals surface area contributed by atoms with E-state index in [1.807, 2.05) is 0 Å². The molecular formula is C6H4N2OS. The molecule has 0 fully saturated rings. The Bertz CT molecular complexity index is 302. The maximum absolute atomic E-state index is 11.0. The molecule has 1 aromatic heterocycles. The first-order valence-electron chi connectivity index (χ1n) is 2.88. The number of ketones is 1. The zero-order valence-corrected chi connectivity index (χ0v) is 5.89. The summed E-state index contributed by atoms with van der Waals surface area (Å²) in [6.45, 7) is 0. The monoisotopic (exact) mass is 152 g/mol. The fraction of sp³-hybridized carbons (Fsp3) is 0.167. The number of nitrogens with zero attached hydrogens (tertiary/aromatic N) is 2. The molecule has 0 amide bonds. The largest absolute Gasteiger partial charge is 0.293 e. The molecule has 0 atom stereocenters. The predicted molar refractivity (Wildman–Crippen MR) is 39.2 cm³/mol. The van der Waals surface area contributed by atoms with Crippen LogP contribution in [0.1, 0.15) is 16.1 Å². The van der Waals surface area contributed by atoms with Gasteiger partial charge in [0.25, 0.3) is 0 Å². The third-order valence-electron chi connectivity index (χ3n) is 1.31. The van der Waals surface area contributed by atoms with Crippen molar-refractivity contribution in [1.29, 1.82) is 0 Å². The van der Waals surface area contributed by atoms with E-state index >= 15 is 0 Å². The van der Waals surface area contributed by atoms with Gasteiger partial charge in [0.1, 0.15) is 10.6 Å². The molecule has 1 aliphatic heterocycles. The van der Waals surface area contributed by atoms with Crippen LogP contribution in [0.2, 0.25) is 0 Å². The van der Waals surface area contributed by atoms with Gasteiger partial charge in [-0.05, 0) is 11.5 Å². The van der Waals surface area contributed by atoms with Crippen LogP contribution in [-0.4, -0.2) is 16.4 Å². The van der Waals surface area contributed by atoms with E-state index < -0.39 is 0 Å². The standard InChI is InChI=1S/C6H4N2OS/c9-5-1-2-7-4-3-8-10-6(4)5/h2-3H,1H2. The van der Waals surface area contributed by atoms with E-state index in [9.17, 15) is 4.79 Å². The molecule has 1 aliphatic rings. The van der Waals surface area contributed by atoms with Crippen molar-refractivity contribution in [3.63, 3.8) is 0 Å². The van der Waals surface area contributed by atoms with E-state index in [4.69, 9.17) is 0 Å². The van der Waals surface area contributed by atoms with Gasteiger partial charge in [0.2, 0.25) is 0 Å². The third-order valence-corrected chi connectivity index (χ3v) is 2.14. The molecule has 4 heteroatoms. The smallest absolute Gasteiger partial charge is 0.181 e. The molecule has 0 N–H and O–H groups in total. The van der Waals surface area contributed by atoms with Gasteiger partial charge in [-0.2, -0.15) is 4.37 Å². The molecule has 50 valence electrons. The van der Waals surface area contributed by atoms with Crippen LogP contribution in [0.25, 0.3) is 0 Å². The Labute approximate surface area is 61.6 Å². The fourth-order valence-corrected chi connectivity index (χ4v) is 1.48. The number of aromatic nitrogens is 1. The first-order valence-corrected chi connectivity index (χ1v) is 3.65. The van der Waals surface area contributed by atoms with Crippen molar-refractivity contribution >= 4 is 29.2 Å². The topological polar surface area (TPSA) is 42.3 Å². The quantitative estimate of drug-likeness (QED) is 0.564. The van der Waals surface area contributed by atoms with Gasteiger partial charge in [-0.15, -0.1) is 0 Å². The second-order valence-electron chi connectivity index (χ2n) is 1.98. The first-order chi connectivity index (χ1) is 4.88.